The van der Waals surface area contributed by atoms with Crippen LogP contribution in [0.5, 0.6) is 0 Å². The van der Waals surface area contributed by atoms with E-state index in [-0.39, 0.29) is 0 Å². The van der Waals surface area contributed by atoms with Gasteiger partial charge in [0.1, 0.15) is 0 Å². The molecule has 4 heteroatoms. The van der Waals surface area contributed by atoms with E-state index in [4.69, 9.17) is 10.2 Å². The van der Waals surface area contributed by atoms with E-state index in [0.29, 0.717) is 24.7 Å². The Labute approximate surface area is 246 Å². The fourth-order valence-corrected chi connectivity index (χ4v) is 4.84. The second kappa shape index (κ2) is 29.6. The van der Waals surface area contributed by atoms with E-state index < -0.39 is 11.9 Å². The quantitative estimate of drug-likeness (QED) is 0.0571. The molecule has 0 amide bonds. The lowest BCUT2D eigenvalue weighted by Crippen LogP contribution is -2.09. The summed E-state index contributed by atoms with van der Waals surface area (Å²) in [4.78, 5) is 21.1. The first-order valence-corrected chi connectivity index (χ1v) is 16.3. The molecule has 0 saturated carbocycles. The molecule has 4 nitrogen and oxygen atoms in total. The van der Waals surface area contributed by atoms with Crippen molar-refractivity contribution in [2.24, 2.45) is 11.8 Å². The maximum Gasteiger partial charge on any atom is 0.303 e. The van der Waals surface area contributed by atoms with E-state index in [0.717, 1.165) is 64.2 Å². The van der Waals surface area contributed by atoms with Crippen LogP contribution in [0.25, 0.3) is 0 Å². The first kappa shape index (κ1) is 37.6. The highest BCUT2D eigenvalue weighted by Crippen LogP contribution is 2.25. The van der Waals surface area contributed by atoms with Crippen LogP contribution in [-0.4, -0.2) is 22.2 Å². The molecule has 0 fully saturated rings. The van der Waals surface area contributed by atoms with Crippen molar-refractivity contribution in [2.45, 2.75) is 142 Å². The molecule has 0 saturated heterocycles. The maximum atomic E-state index is 10.5. The van der Waals surface area contributed by atoms with Crippen molar-refractivity contribution in [1.29, 1.82) is 0 Å². The summed E-state index contributed by atoms with van der Waals surface area (Å²) >= 11 is 0. The molecule has 0 rings (SSSR count). The SMILES string of the molecule is CCCCCC(C=CC=CCCCCCCCC(=O)O)C(C=CC=CCC=CCCCCCCCC(=O)O)CC. The second-order valence-electron chi connectivity index (χ2n) is 11.0. The summed E-state index contributed by atoms with van der Waals surface area (Å²) in [6.45, 7) is 4.56. The van der Waals surface area contributed by atoms with Crippen molar-refractivity contribution >= 4 is 11.9 Å². The number of carboxylic acid groups (broad SMARTS) is 2. The Balaban J connectivity index is 4.34. The largest absolute Gasteiger partial charge is 0.481 e. The molecule has 0 bridgehead atoms. The summed E-state index contributed by atoms with van der Waals surface area (Å²) < 4.78 is 0. The molecular formula is C36H60O4. The van der Waals surface area contributed by atoms with Crippen molar-refractivity contribution in [3.8, 4) is 0 Å². The number of carboxylic acids is 2. The van der Waals surface area contributed by atoms with E-state index in [2.05, 4.69) is 74.6 Å². The summed E-state index contributed by atoms with van der Waals surface area (Å²) in [7, 11) is 0. The summed E-state index contributed by atoms with van der Waals surface area (Å²) in [5, 5.41) is 17.3. The summed E-state index contributed by atoms with van der Waals surface area (Å²) in [6, 6.07) is 0. The van der Waals surface area contributed by atoms with Crippen LogP contribution < -0.4 is 0 Å². The van der Waals surface area contributed by atoms with E-state index >= 15 is 0 Å². The monoisotopic (exact) mass is 556 g/mol. The molecule has 40 heavy (non-hydrogen) atoms. The van der Waals surface area contributed by atoms with Crippen LogP contribution in [0.1, 0.15) is 142 Å². The van der Waals surface area contributed by atoms with Gasteiger partial charge in [0, 0.05) is 12.8 Å². The Morgan fingerprint density at radius 2 is 1.07 bits per heavy atom. The van der Waals surface area contributed by atoms with Gasteiger partial charge in [-0.1, -0.05) is 132 Å². The molecule has 0 aliphatic rings. The first-order chi connectivity index (χ1) is 19.5. The molecule has 0 aromatic heterocycles. The van der Waals surface area contributed by atoms with Gasteiger partial charge in [-0.15, -0.1) is 0 Å². The normalized spacial score (nSPS) is 13.9. The van der Waals surface area contributed by atoms with Crippen LogP contribution >= 0.6 is 0 Å². The van der Waals surface area contributed by atoms with Gasteiger partial charge >= 0.3 is 11.9 Å². The zero-order valence-electron chi connectivity index (χ0n) is 25.8. The fraction of sp³-hybridized carbons (Fsp3) is 0.667. The summed E-state index contributed by atoms with van der Waals surface area (Å²) in [5.74, 6) is -0.238. The molecule has 0 heterocycles. The van der Waals surface area contributed by atoms with Gasteiger partial charge < -0.3 is 10.2 Å². The Morgan fingerprint density at radius 3 is 1.65 bits per heavy atom. The number of aliphatic carboxylic acids is 2. The molecule has 0 aliphatic heterocycles. The molecule has 228 valence electrons. The molecule has 0 aromatic rings. The van der Waals surface area contributed by atoms with E-state index in [1.165, 1.54) is 51.4 Å². The highest BCUT2D eigenvalue weighted by molar-refractivity contribution is 5.66. The van der Waals surface area contributed by atoms with Crippen molar-refractivity contribution in [3.63, 3.8) is 0 Å². The van der Waals surface area contributed by atoms with Crippen LogP contribution in [0.4, 0.5) is 0 Å². The first-order valence-electron chi connectivity index (χ1n) is 16.3. The zero-order chi connectivity index (χ0) is 29.5. The number of hydrogen-bond acceptors (Lipinski definition) is 2. The highest BCUT2D eigenvalue weighted by Gasteiger charge is 2.14. The van der Waals surface area contributed by atoms with Crippen LogP contribution in [0.15, 0.2) is 60.8 Å². The minimum absolute atomic E-state index is 0.299. The Hall–Kier alpha value is -2.36. The molecule has 0 aliphatic carbocycles. The van der Waals surface area contributed by atoms with Gasteiger partial charge in [-0.25, -0.2) is 0 Å². The average Bonchev–Trinajstić information content (AvgIpc) is 2.93. The Kier molecular flexibility index (Phi) is 27.9. The van der Waals surface area contributed by atoms with Gasteiger partial charge in [0.15, 0.2) is 0 Å². The molecule has 2 atom stereocenters. The third kappa shape index (κ3) is 27.2. The molecular weight excluding hydrogens is 496 g/mol. The van der Waals surface area contributed by atoms with Gasteiger partial charge in [0.05, 0.1) is 0 Å². The predicted octanol–water partition coefficient (Wildman–Crippen LogP) is 11.0. The highest BCUT2D eigenvalue weighted by atomic mass is 16.4. The minimum atomic E-state index is -0.685. The average molecular weight is 557 g/mol. The molecule has 2 unspecified atom stereocenters. The molecule has 0 radical (unpaired) electrons. The second-order valence-corrected chi connectivity index (χ2v) is 11.0. The van der Waals surface area contributed by atoms with Crippen molar-refractivity contribution in [3.05, 3.63) is 60.8 Å². The van der Waals surface area contributed by atoms with Gasteiger partial charge in [-0.3, -0.25) is 9.59 Å². The summed E-state index contributed by atoms with van der Waals surface area (Å²) in [5.41, 5.74) is 0. The zero-order valence-corrected chi connectivity index (χ0v) is 25.8. The minimum Gasteiger partial charge on any atom is -0.481 e. The van der Waals surface area contributed by atoms with Gasteiger partial charge in [0.25, 0.3) is 0 Å². The van der Waals surface area contributed by atoms with E-state index in [1.54, 1.807) is 0 Å². The van der Waals surface area contributed by atoms with E-state index in [9.17, 15) is 9.59 Å². The predicted molar refractivity (Wildman–Crippen MR) is 172 cm³/mol. The Bertz CT molecular complexity index is 744. The number of carbonyl (C=O) groups is 2. The van der Waals surface area contributed by atoms with Gasteiger partial charge in [-0.2, -0.15) is 0 Å². The number of rotatable bonds is 28. The molecule has 0 aromatic carbocycles. The maximum absolute atomic E-state index is 10.5. The van der Waals surface area contributed by atoms with Crippen molar-refractivity contribution < 1.29 is 19.8 Å². The summed E-state index contributed by atoms with van der Waals surface area (Å²) in [6.07, 6.45) is 43.3. The number of allylic oxidation sites excluding steroid dienone is 10. The standard InChI is InChI=1S/C36H60O4/c1-3-5-23-29-34(30-25-20-16-12-10-14-18-22-27-32-36(39)40)33(4-2)28-24-19-15-11-8-6-7-9-13-17-21-26-31-35(37)38/h6,8,15-16,19-20,24-25,28,30,33-34H,3-5,7,9-14,17-18,21-23,26-27,29,31-32H2,1-2H3,(H,37,38)(H,39,40). The topological polar surface area (TPSA) is 74.6 Å². The third-order valence-electron chi connectivity index (χ3n) is 7.34. The Morgan fingerprint density at radius 1 is 0.550 bits per heavy atom. The molecule has 0 spiro atoms. The third-order valence-corrected chi connectivity index (χ3v) is 7.34. The smallest absolute Gasteiger partial charge is 0.303 e. The molecule has 2 N–H and O–H groups in total. The fourth-order valence-electron chi connectivity index (χ4n) is 4.84. The van der Waals surface area contributed by atoms with Gasteiger partial charge in [0.2, 0.25) is 0 Å². The van der Waals surface area contributed by atoms with Crippen LogP contribution in [0.2, 0.25) is 0 Å². The van der Waals surface area contributed by atoms with Crippen molar-refractivity contribution in [1.82, 2.24) is 0 Å². The van der Waals surface area contributed by atoms with Crippen LogP contribution in [0, 0.1) is 11.8 Å². The lowest BCUT2D eigenvalue weighted by Gasteiger charge is -2.20. The van der Waals surface area contributed by atoms with Crippen molar-refractivity contribution in [2.75, 3.05) is 0 Å². The lowest BCUT2D eigenvalue weighted by atomic mass is 9.85. The lowest BCUT2D eigenvalue weighted by molar-refractivity contribution is -0.138. The van der Waals surface area contributed by atoms with Gasteiger partial charge in [-0.05, 0) is 69.6 Å². The van der Waals surface area contributed by atoms with Crippen LogP contribution in [-0.2, 0) is 9.59 Å². The number of unbranched alkanes of at least 4 members (excludes halogenated alkanes) is 12. The number of hydrogen-bond donors (Lipinski definition) is 2. The van der Waals surface area contributed by atoms with E-state index in [1.807, 2.05) is 0 Å². The van der Waals surface area contributed by atoms with Crippen LogP contribution in [0.3, 0.4) is 0 Å².